The molecule has 0 unspecified atom stereocenters. The molecule has 25 heavy (non-hydrogen) atoms. The van der Waals surface area contributed by atoms with E-state index in [-0.39, 0.29) is 24.1 Å². The first-order valence-electron chi connectivity index (χ1n) is 7.74. The van der Waals surface area contributed by atoms with E-state index in [4.69, 9.17) is 4.74 Å². The first-order valence-corrected chi connectivity index (χ1v) is 7.74. The van der Waals surface area contributed by atoms with Gasteiger partial charge in [0.2, 0.25) is 0 Å². The monoisotopic (exact) mass is 334 g/mol. The second-order valence-corrected chi connectivity index (χ2v) is 5.59. The van der Waals surface area contributed by atoms with Gasteiger partial charge in [0, 0.05) is 6.54 Å². The number of carbonyl (C=O) groups excluding carboxylic acids is 2. The van der Waals surface area contributed by atoms with Crippen LogP contribution in [0.5, 0.6) is 5.75 Å². The van der Waals surface area contributed by atoms with Gasteiger partial charge in [-0.15, -0.1) is 0 Å². The third kappa shape index (κ3) is 3.12. The van der Waals surface area contributed by atoms with Crippen LogP contribution in [-0.2, 0) is 11.3 Å². The second kappa shape index (κ2) is 6.20. The minimum Gasteiger partial charge on any atom is -0.482 e. The number of para-hydroxylation sites is 2. The van der Waals surface area contributed by atoms with E-state index in [1.807, 2.05) is 30.3 Å². The summed E-state index contributed by atoms with van der Waals surface area (Å²) in [5, 5.41) is 5.54. The number of benzene rings is 2. The minimum atomic E-state index is -0.309. The van der Waals surface area contributed by atoms with E-state index >= 15 is 0 Å². The zero-order chi connectivity index (χ0) is 17.2. The zero-order valence-electron chi connectivity index (χ0n) is 13.2. The average Bonchev–Trinajstić information content (AvgIpc) is 2.65. The molecule has 2 aromatic carbocycles. The molecule has 1 aromatic heterocycles. The van der Waals surface area contributed by atoms with E-state index < -0.39 is 0 Å². The van der Waals surface area contributed by atoms with Crippen molar-refractivity contribution in [1.82, 2.24) is 15.3 Å². The minimum absolute atomic E-state index is 0.0176. The van der Waals surface area contributed by atoms with Gasteiger partial charge in [0.1, 0.15) is 11.4 Å². The van der Waals surface area contributed by atoms with Gasteiger partial charge in [-0.2, -0.15) is 0 Å². The Labute approximate surface area is 143 Å². The van der Waals surface area contributed by atoms with Crippen LogP contribution in [-0.4, -0.2) is 28.4 Å². The predicted molar refractivity (Wildman–Crippen MR) is 91.3 cm³/mol. The van der Waals surface area contributed by atoms with Crippen molar-refractivity contribution >= 4 is 28.5 Å². The lowest BCUT2D eigenvalue weighted by Crippen LogP contribution is -2.26. The van der Waals surface area contributed by atoms with Crippen molar-refractivity contribution in [2.75, 3.05) is 11.9 Å². The molecule has 7 nitrogen and oxygen atoms in total. The normalized spacial score (nSPS) is 12.9. The molecular formula is C18H14N4O3. The summed E-state index contributed by atoms with van der Waals surface area (Å²) in [4.78, 5) is 32.2. The van der Waals surface area contributed by atoms with Crippen LogP contribution in [0.3, 0.4) is 0 Å². The Morgan fingerprint density at radius 2 is 2.04 bits per heavy atom. The van der Waals surface area contributed by atoms with Crippen LogP contribution in [0.4, 0.5) is 5.69 Å². The van der Waals surface area contributed by atoms with Crippen LogP contribution >= 0.6 is 0 Å². The molecule has 0 bridgehead atoms. The van der Waals surface area contributed by atoms with E-state index in [0.29, 0.717) is 23.5 Å². The van der Waals surface area contributed by atoms with Crippen LogP contribution in [0, 0.1) is 0 Å². The van der Waals surface area contributed by atoms with Crippen molar-refractivity contribution in [2.24, 2.45) is 0 Å². The summed E-state index contributed by atoms with van der Waals surface area (Å²) in [5.41, 5.74) is 3.11. The highest BCUT2D eigenvalue weighted by Gasteiger charge is 2.16. The van der Waals surface area contributed by atoms with Crippen LogP contribution in [0.15, 0.2) is 48.7 Å². The zero-order valence-corrected chi connectivity index (χ0v) is 13.2. The lowest BCUT2D eigenvalue weighted by atomic mass is 10.1. The molecule has 7 heteroatoms. The molecular weight excluding hydrogens is 320 g/mol. The first-order chi connectivity index (χ1) is 12.2. The molecule has 4 rings (SSSR count). The summed E-state index contributed by atoms with van der Waals surface area (Å²) in [6.45, 7) is 0.320. The van der Waals surface area contributed by atoms with Gasteiger partial charge >= 0.3 is 0 Å². The number of fused-ring (bicyclic) bond motifs is 2. The number of nitrogens with one attached hydrogen (secondary N) is 2. The number of anilines is 1. The first kappa shape index (κ1) is 15.1. The molecule has 0 fully saturated rings. The van der Waals surface area contributed by atoms with Crippen molar-refractivity contribution in [1.29, 1.82) is 0 Å². The molecule has 3 aromatic rings. The molecule has 2 amide bonds. The van der Waals surface area contributed by atoms with Crippen LogP contribution < -0.4 is 15.4 Å². The van der Waals surface area contributed by atoms with Gasteiger partial charge in [-0.1, -0.05) is 18.2 Å². The largest absolute Gasteiger partial charge is 0.482 e. The number of hydrogen-bond donors (Lipinski definition) is 2. The van der Waals surface area contributed by atoms with Gasteiger partial charge in [-0.25, -0.2) is 4.98 Å². The number of rotatable bonds is 3. The Bertz CT molecular complexity index is 987. The van der Waals surface area contributed by atoms with E-state index in [0.717, 1.165) is 11.1 Å². The third-order valence-corrected chi connectivity index (χ3v) is 3.81. The van der Waals surface area contributed by atoms with E-state index in [2.05, 4.69) is 20.6 Å². The topological polar surface area (TPSA) is 93.2 Å². The van der Waals surface area contributed by atoms with Crippen molar-refractivity contribution in [3.05, 3.63) is 59.9 Å². The summed E-state index contributed by atoms with van der Waals surface area (Å²) in [7, 11) is 0. The highest BCUT2D eigenvalue weighted by molar-refractivity contribution is 5.95. The molecule has 1 aliphatic heterocycles. The van der Waals surface area contributed by atoms with Gasteiger partial charge < -0.3 is 15.4 Å². The van der Waals surface area contributed by atoms with Gasteiger partial charge in [-0.05, 0) is 29.8 Å². The van der Waals surface area contributed by atoms with Crippen molar-refractivity contribution < 1.29 is 14.3 Å². The van der Waals surface area contributed by atoms with Crippen LogP contribution in [0.25, 0.3) is 11.0 Å². The number of hydrogen-bond acceptors (Lipinski definition) is 5. The molecule has 0 atom stereocenters. The number of nitrogens with zero attached hydrogens (tertiary/aromatic N) is 2. The van der Waals surface area contributed by atoms with Gasteiger partial charge in [0.05, 0.1) is 22.9 Å². The highest BCUT2D eigenvalue weighted by Crippen LogP contribution is 2.28. The summed E-state index contributed by atoms with van der Waals surface area (Å²) < 4.78 is 5.31. The fourth-order valence-electron chi connectivity index (χ4n) is 2.58. The van der Waals surface area contributed by atoms with Gasteiger partial charge in [-0.3, -0.25) is 14.6 Å². The Balaban J connectivity index is 1.47. The lowest BCUT2D eigenvalue weighted by molar-refractivity contribution is -0.118. The number of aromatic nitrogens is 2. The lowest BCUT2D eigenvalue weighted by Gasteiger charge is -2.18. The quantitative estimate of drug-likeness (QED) is 0.763. The third-order valence-electron chi connectivity index (χ3n) is 3.81. The van der Waals surface area contributed by atoms with E-state index in [1.54, 1.807) is 12.1 Å². The van der Waals surface area contributed by atoms with Crippen LogP contribution in [0.2, 0.25) is 0 Å². The Morgan fingerprint density at radius 3 is 2.92 bits per heavy atom. The molecule has 2 N–H and O–H groups in total. The van der Waals surface area contributed by atoms with Crippen molar-refractivity contribution in [3.63, 3.8) is 0 Å². The maximum Gasteiger partial charge on any atom is 0.271 e. The Morgan fingerprint density at radius 1 is 1.20 bits per heavy atom. The van der Waals surface area contributed by atoms with Gasteiger partial charge in [0.15, 0.2) is 6.61 Å². The average molecular weight is 334 g/mol. The molecule has 1 aliphatic rings. The Kier molecular flexibility index (Phi) is 3.74. The summed E-state index contributed by atoms with van der Waals surface area (Å²) in [6, 6.07) is 12.8. The number of amides is 2. The van der Waals surface area contributed by atoms with Crippen LogP contribution in [0.1, 0.15) is 16.1 Å². The van der Waals surface area contributed by atoms with Gasteiger partial charge in [0.25, 0.3) is 11.8 Å². The summed E-state index contributed by atoms with van der Waals surface area (Å²) in [5.74, 6) is 0.117. The van der Waals surface area contributed by atoms with Crippen molar-refractivity contribution in [2.45, 2.75) is 6.54 Å². The number of carbonyl (C=O) groups is 2. The van der Waals surface area contributed by atoms with E-state index in [9.17, 15) is 9.59 Å². The number of ether oxygens (including phenoxy) is 1. The molecule has 0 spiro atoms. The summed E-state index contributed by atoms with van der Waals surface area (Å²) >= 11 is 0. The molecule has 0 saturated heterocycles. The Hall–Kier alpha value is -3.48. The molecule has 2 heterocycles. The molecule has 124 valence electrons. The summed E-state index contributed by atoms with van der Waals surface area (Å²) in [6.07, 6.45) is 1.46. The fraction of sp³-hybridized carbons (Fsp3) is 0.111. The maximum atomic E-state index is 12.3. The van der Waals surface area contributed by atoms with Crippen molar-refractivity contribution in [3.8, 4) is 5.75 Å². The molecule has 0 saturated carbocycles. The molecule has 0 radical (unpaired) electrons. The highest BCUT2D eigenvalue weighted by atomic mass is 16.5. The SMILES string of the molecule is O=C1COc2ccc(CNC(=O)c3cnc4ccccc4n3)cc2N1. The smallest absolute Gasteiger partial charge is 0.271 e. The molecule has 0 aliphatic carbocycles. The standard InChI is InChI=1S/C18H14N4O3/c23-17-10-25-16-6-5-11(7-14(16)22-17)8-20-18(24)15-9-19-12-3-1-2-4-13(12)21-15/h1-7,9H,8,10H2,(H,20,24)(H,22,23). The second-order valence-electron chi connectivity index (χ2n) is 5.59. The van der Waals surface area contributed by atoms with E-state index in [1.165, 1.54) is 6.20 Å². The maximum absolute atomic E-state index is 12.3. The predicted octanol–water partition coefficient (Wildman–Crippen LogP) is 1.89. The fourth-order valence-corrected chi connectivity index (χ4v) is 2.58.